The third-order valence-corrected chi connectivity index (χ3v) is 2.69. The summed E-state index contributed by atoms with van der Waals surface area (Å²) in [6.45, 7) is 0. The summed E-state index contributed by atoms with van der Waals surface area (Å²) < 4.78 is 1.55. The Bertz CT molecular complexity index is 718. The first kappa shape index (κ1) is 12.0. The molecule has 3 aromatic heterocycles. The summed E-state index contributed by atoms with van der Waals surface area (Å²) in [4.78, 5) is 12.5. The summed E-state index contributed by atoms with van der Waals surface area (Å²) in [5.41, 5.74) is 7.53. The molecule has 0 saturated carbocycles. The third-order valence-electron chi connectivity index (χ3n) is 2.69. The summed E-state index contributed by atoms with van der Waals surface area (Å²) in [6, 6.07) is 9.31. The summed E-state index contributed by atoms with van der Waals surface area (Å²) in [5, 5.41) is 4.20. The number of hydrogen-bond acceptors (Lipinski definition) is 5. The van der Waals surface area contributed by atoms with Crippen molar-refractivity contribution in [1.82, 2.24) is 19.7 Å². The zero-order valence-corrected chi connectivity index (χ0v) is 10.6. The topological polar surface area (TPSA) is 82.0 Å². The first-order valence-electron chi connectivity index (χ1n) is 6.03. The van der Waals surface area contributed by atoms with Gasteiger partial charge in [0.05, 0.1) is 6.20 Å². The second-order valence-electron chi connectivity index (χ2n) is 4.06. The van der Waals surface area contributed by atoms with Crippen LogP contribution >= 0.6 is 0 Å². The number of nitrogens with two attached hydrogens (primary N) is 1. The number of pyridine rings is 2. The van der Waals surface area contributed by atoms with Gasteiger partial charge >= 0.3 is 0 Å². The quantitative estimate of drug-likeness (QED) is 0.733. The molecule has 6 heteroatoms. The van der Waals surface area contributed by atoms with Crippen molar-refractivity contribution in [2.24, 2.45) is 4.99 Å². The van der Waals surface area contributed by atoms with Crippen molar-refractivity contribution in [2.75, 3.05) is 5.73 Å². The van der Waals surface area contributed by atoms with E-state index in [0.717, 1.165) is 5.56 Å². The number of nitrogens with zero attached hydrogens (tertiary/aromatic N) is 5. The summed E-state index contributed by atoms with van der Waals surface area (Å²) >= 11 is 0. The molecule has 3 rings (SSSR count). The zero-order chi connectivity index (χ0) is 13.8. The minimum absolute atomic E-state index is 0.448. The van der Waals surface area contributed by atoms with Gasteiger partial charge in [0.1, 0.15) is 5.69 Å². The Hall–Kier alpha value is -3.02. The van der Waals surface area contributed by atoms with E-state index in [4.69, 9.17) is 5.73 Å². The predicted molar refractivity (Wildman–Crippen MR) is 77.3 cm³/mol. The van der Waals surface area contributed by atoms with E-state index in [0.29, 0.717) is 17.3 Å². The highest BCUT2D eigenvalue weighted by Crippen LogP contribution is 2.23. The van der Waals surface area contributed by atoms with Crippen molar-refractivity contribution >= 4 is 17.7 Å². The Kier molecular flexibility index (Phi) is 3.20. The van der Waals surface area contributed by atoms with E-state index in [1.165, 1.54) is 0 Å². The summed E-state index contributed by atoms with van der Waals surface area (Å²) in [5.74, 6) is 1.11. The van der Waals surface area contributed by atoms with Crippen LogP contribution in [0.2, 0.25) is 0 Å². The van der Waals surface area contributed by atoms with E-state index < -0.39 is 0 Å². The summed E-state index contributed by atoms with van der Waals surface area (Å²) in [7, 11) is 0. The molecule has 0 bridgehead atoms. The second kappa shape index (κ2) is 5.31. The van der Waals surface area contributed by atoms with Gasteiger partial charge in [-0.3, -0.25) is 9.98 Å². The van der Waals surface area contributed by atoms with Crippen LogP contribution < -0.4 is 5.73 Å². The molecule has 0 aliphatic rings. The van der Waals surface area contributed by atoms with Gasteiger partial charge in [0.25, 0.3) is 0 Å². The van der Waals surface area contributed by atoms with Gasteiger partial charge in [-0.2, -0.15) is 9.78 Å². The largest absolute Gasteiger partial charge is 0.382 e. The van der Waals surface area contributed by atoms with Crippen LogP contribution in [0.5, 0.6) is 0 Å². The lowest BCUT2D eigenvalue weighted by molar-refractivity contribution is 0.857. The van der Waals surface area contributed by atoms with Crippen LogP contribution in [0.3, 0.4) is 0 Å². The predicted octanol–water partition coefficient (Wildman–Crippen LogP) is 2.00. The van der Waals surface area contributed by atoms with E-state index in [-0.39, 0.29) is 0 Å². The zero-order valence-electron chi connectivity index (χ0n) is 10.6. The van der Waals surface area contributed by atoms with Gasteiger partial charge in [-0.25, -0.2) is 4.98 Å². The van der Waals surface area contributed by atoms with Crippen molar-refractivity contribution in [1.29, 1.82) is 0 Å². The molecule has 0 fully saturated rings. The first-order chi connectivity index (χ1) is 9.84. The van der Waals surface area contributed by atoms with E-state index in [1.54, 1.807) is 35.7 Å². The molecule has 20 heavy (non-hydrogen) atoms. The molecule has 0 spiro atoms. The molecule has 0 unspecified atom stereocenters. The van der Waals surface area contributed by atoms with E-state index in [1.807, 2.05) is 30.3 Å². The van der Waals surface area contributed by atoms with Gasteiger partial charge in [0.15, 0.2) is 11.6 Å². The minimum atomic E-state index is 0.448. The number of aliphatic imine (C=N–C) groups is 1. The fraction of sp³-hybridized carbons (Fsp3) is 0. The van der Waals surface area contributed by atoms with Crippen LogP contribution in [0.15, 0.2) is 60.1 Å². The van der Waals surface area contributed by atoms with Crippen LogP contribution in [0.25, 0.3) is 5.82 Å². The van der Waals surface area contributed by atoms with E-state index in [9.17, 15) is 0 Å². The molecule has 0 radical (unpaired) electrons. The molecule has 2 N–H and O–H groups in total. The number of aromatic nitrogens is 4. The van der Waals surface area contributed by atoms with Gasteiger partial charge in [-0.1, -0.05) is 12.1 Å². The standard InChI is InChI=1S/C14H12N6/c15-14-12(18-9-11-4-3-6-16-8-11)10-19-20(14)13-5-1-2-7-17-13/h1-10H,15H2/b18-9+. The molecule has 98 valence electrons. The maximum Gasteiger partial charge on any atom is 0.155 e. The van der Waals surface area contributed by atoms with Gasteiger partial charge < -0.3 is 5.73 Å². The van der Waals surface area contributed by atoms with Gasteiger partial charge in [-0.15, -0.1) is 0 Å². The van der Waals surface area contributed by atoms with Crippen molar-refractivity contribution < 1.29 is 0 Å². The number of hydrogen-bond donors (Lipinski definition) is 1. The lowest BCUT2D eigenvalue weighted by Gasteiger charge is -2.01. The van der Waals surface area contributed by atoms with Crippen LogP contribution in [-0.2, 0) is 0 Å². The first-order valence-corrected chi connectivity index (χ1v) is 6.03. The average molecular weight is 264 g/mol. The Labute approximate surface area is 115 Å². The molecule has 0 aliphatic carbocycles. The lowest BCUT2D eigenvalue weighted by Crippen LogP contribution is -2.03. The van der Waals surface area contributed by atoms with Crippen LogP contribution in [0.1, 0.15) is 5.56 Å². The monoisotopic (exact) mass is 264 g/mol. The molecular weight excluding hydrogens is 252 g/mol. The third kappa shape index (κ3) is 2.39. The average Bonchev–Trinajstić information content (AvgIpc) is 2.88. The molecule has 3 aromatic rings. The van der Waals surface area contributed by atoms with Crippen molar-refractivity contribution in [3.05, 3.63) is 60.7 Å². The van der Waals surface area contributed by atoms with Crippen molar-refractivity contribution in [3.8, 4) is 5.82 Å². The van der Waals surface area contributed by atoms with Crippen molar-refractivity contribution in [3.63, 3.8) is 0 Å². The lowest BCUT2D eigenvalue weighted by atomic mass is 10.3. The van der Waals surface area contributed by atoms with Crippen LogP contribution in [0.4, 0.5) is 11.5 Å². The minimum Gasteiger partial charge on any atom is -0.382 e. The normalized spacial score (nSPS) is 11.0. The highest BCUT2D eigenvalue weighted by molar-refractivity contribution is 5.82. The Balaban J connectivity index is 1.90. The number of rotatable bonds is 3. The maximum absolute atomic E-state index is 6.03. The fourth-order valence-electron chi connectivity index (χ4n) is 1.71. The second-order valence-corrected chi connectivity index (χ2v) is 4.06. The molecule has 0 amide bonds. The summed E-state index contributed by atoms with van der Waals surface area (Å²) in [6.07, 6.45) is 8.43. The van der Waals surface area contributed by atoms with Gasteiger partial charge in [-0.05, 0) is 18.2 Å². The smallest absolute Gasteiger partial charge is 0.155 e. The fourth-order valence-corrected chi connectivity index (χ4v) is 1.71. The molecule has 0 atom stereocenters. The van der Waals surface area contributed by atoms with Gasteiger partial charge in [0, 0.05) is 30.4 Å². The van der Waals surface area contributed by atoms with E-state index >= 15 is 0 Å². The van der Waals surface area contributed by atoms with Crippen LogP contribution in [-0.4, -0.2) is 26.0 Å². The Morgan fingerprint density at radius 2 is 2.05 bits per heavy atom. The molecule has 6 nitrogen and oxygen atoms in total. The Morgan fingerprint density at radius 1 is 1.10 bits per heavy atom. The van der Waals surface area contributed by atoms with Gasteiger partial charge in [0.2, 0.25) is 0 Å². The highest BCUT2D eigenvalue weighted by Gasteiger charge is 2.08. The van der Waals surface area contributed by atoms with Crippen molar-refractivity contribution in [2.45, 2.75) is 0 Å². The highest BCUT2D eigenvalue weighted by atomic mass is 15.3. The SMILES string of the molecule is Nc1c(/N=C/c2cccnc2)cnn1-c1ccccn1. The number of nitrogen functional groups attached to an aromatic ring is 1. The molecule has 0 aromatic carbocycles. The number of anilines is 1. The van der Waals surface area contributed by atoms with E-state index in [2.05, 4.69) is 20.1 Å². The maximum atomic E-state index is 6.03. The molecule has 3 heterocycles. The molecule has 0 aliphatic heterocycles. The molecule has 0 saturated heterocycles. The Morgan fingerprint density at radius 3 is 2.80 bits per heavy atom. The van der Waals surface area contributed by atoms with Crippen LogP contribution in [0, 0.1) is 0 Å². The molecular formula is C14H12N6.